The van der Waals surface area contributed by atoms with E-state index in [9.17, 15) is 9.59 Å². The van der Waals surface area contributed by atoms with Crippen molar-refractivity contribution >= 4 is 5.97 Å². The van der Waals surface area contributed by atoms with E-state index >= 15 is 0 Å². The Kier molecular flexibility index (Phi) is 1.69. The van der Waals surface area contributed by atoms with Crippen molar-refractivity contribution in [2.24, 2.45) is 0 Å². The molecule has 4 heteroatoms. The van der Waals surface area contributed by atoms with Crippen LogP contribution in [0, 0.1) is 0 Å². The summed E-state index contributed by atoms with van der Waals surface area (Å²) in [6, 6.07) is 4.19. The van der Waals surface area contributed by atoms with Gasteiger partial charge in [-0.3, -0.25) is 9.36 Å². The maximum atomic E-state index is 11.3. The maximum absolute atomic E-state index is 11.3. The van der Waals surface area contributed by atoms with Gasteiger partial charge in [0.05, 0.1) is 0 Å². The summed E-state index contributed by atoms with van der Waals surface area (Å²) in [5, 5.41) is 8.82. The van der Waals surface area contributed by atoms with Gasteiger partial charge in [0.15, 0.2) is 0 Å². The molecule has 1 aromatic rings. The van der Waals surface area contributed by atoms with E-state index in [1.54, 1.807) is 12.1 Å². The van der Waals surface area contributed by atoms with E-state index in [-0.39, 0.29) is 5.56 Å². The van der Waals surface area contributed by atoms with Gasteiger partial charge in [0.1, 0.15) is 6.04 Å². The van der Waals surface area contributed by atoms with Crippen molar-refractivity contribution in [2.75, 3.05) is 0 Å². The average Bonchev–Trinajstić information content (AvgIpc) is 2.49. The molecular weight excluding hydrogens is 170 g/mol. The fourth-order valence-corrected chi connectivity index (χ4v) is 1.75. The zero-order valence-electron chi connectivity index (χ0n) is 6.93. The number of fused-ring (bicyclic) bond motifs is 1. The highest BCUT2D eigenvalue weighted by Gasteiger charge is 2.27. The molecule has 1 aromatic heterocycles. The van der Waals surface area contributed by atoms with Crippen LogP contribution < -0.4 is 5.56 Å². The van der Waals surface area contributed by atoms with Crippen LogP contribution in [-0.4, -0.2) is 15.6 Å². The lowest BCUT2D eigenvalue weighted by atomic mass is 10.2. The van der Waals surface area contributed by atoms with Crippen molar-refractivity contribution in [2.45, 2.75) is 18.9 Å². The molecule has 13 heavy (non-hydrogen) atoms. The van der Waals surface area contributed by atoms with Gasteiger partial charge < -0.3 is 5.11 Å². The van der Waals surface area contributed by atoms with Crippen molar-refractivity contribution < 1.29 is 9.90 Å². The fourth-order valence-electron chi connectivity index (χ4n) is 1.75. The zero-order chi connectivity index (χ0) is 9.42. The van der Waals surface area contributed by atoms with Crippen LogP contribution in [-0.2, 0) is 11.2 Å². The summed E-state index contributed by atoms with van der Waals surface area (Å²) in [5.41, 5.74) is 0.599. The van der Waals surface area contributed by atoms with E-state index in [1.807, 2.05) is 0 Å². The summed E-state index contributed by atoms with van der Waals surface area (Å²) in [5.74, 6) is -0.924. The number of carboxylic acids is 1. The second-order valence-corrected chi connectivity index (χ2v) is 3.12. The van der Waals surface area contributed by atoms with Gasteiger partial charge in [-0.1, -0.05) is 6.07 Å². The molecule has 0 aliphatic carbocycles. The van der Waals surface area contributed by atoms with Crippen molar-refractivity contribution in [3.8, 4) is 0 Å². The molecule has 2 rings (SSSR count). The minimum Gasteiger partial charge on any atom is -0.480 e. The van der Waals surface area contributed by atoms with Gasteiger partial charge in [0.25, 0.3) is 5.56 Å². The lowest BCUT2D eigenvalue weighted by Crippen LogP contribution is -2.26. The predicted molar refractivity (Wildman–Crippen MR) is 45.7 cm³/mol. The highest BCUT2D eigenvalue weighted by molar-refractivity contribution is 5.72. The van der Waals surface area contributed by atoms with Crippen LogP contribution in [0.1, 0.15) is 18.2 Å². The summed E-state index contributed by atoms with van der Waals surface area (Å²) in [4.78, 5) is 22.1. The number of carboxylic acid groups (broad SMARTS) is 1. The van der Waals surface area contributed by atoms with Gasteiger partial charge in [0.2, 0.25) is 0 Å². The number of aromatic nitrogens is 1. The molecule has 1 N–H and O–H groups in total. The van der Waals surface area contributed by atoms with Gasteiger partial charge in [-0.25, -0.2) is 4.79 Å². The smallest absolute Gasteiger partial charge is 0.326 e. The Bertz CT molecular complexity index is 408. The van der Waals surface area contributed by atoms with Gasteiger partial charge in [-0.15, -0.1) is 0 Å². The molecule has 0 unspecified atom stereocenters. The number of nitrogens with zero attached hydrogens (tertiary/aromatic N) is 1. The van der Waals surface area contributed by atoms with Crippen molar-refractivity contribution in [1.29, 1.82) is 0 Å². The van der Waals surface area contributed by atoms with E-state index in [1.165, 1.54) is 10.6 Å². The fraction of sp³-hybridized carbons (Fsp3) is 0.333. The molecule has 0 radical (unpaired) electrons. The summed E-state index contributed by atoms with van der Waals surface area (Å²) in [6.07, 6.45) is 1.20. The van der Waals surface area contributed by atoms with Crippen LogP contribution in [0.25, 0.3) is 0 Å². The summed E-state index contributed by atoms with van der Waals surface area (Å²) >= 11 is 0. The van der Waals surface area contributed by atoms with E-state index in [2.05, 4.69) is 0 Å². The molecule has 1 aliphatic rings. The Morgan fingerprint density at radius 3 is 3.00 bits per heavy atom. The lowest BCUT2D eigenvalue weighted by molar-refractivity contribution is -0.140. The second-order valence-electron chi connectivity index (χ2n) is 3.12. The van der Waals surface area contributed by atoms with Gasteiger partial charge in [0, 0.05) is 11.8 Å². The summed E-state index contributed by atoms with van der Waals surface area (Å²) in [6.45, 7) is 0. The van der Waals surface area contributed by atoms with E-state index in [4.69, 9.17) is 5.11 Å². The lowest BCUT2D eigenvalue weighted by Gasteiger charge is -2.08. The zero-order valence-corrected chi connectivity index (χ0v) is 6.93. The normalized spacial score (nSPS) is 19.8. The first-order valence-corrected chi connectivity index (χ1v) is 4.13. The standard InChI is InChI=1S/C9H9NO3/c11-8-3-1-2-6-4-5-7(9(12)13)10(6)8/h1-3,7H,4-5H2,(H,12,13)/t7-/m1/s1. The molecule has 0 amide bonds. The third-order valence-corrected chi connectivity index (χ3v) is 2.34. The molecule has 2 heterocycles. The van der Waals surface area contributed by atoms with Crippen molar-refractivity contribution in [1.82, 2.24) is 4.57 Å². The third kappa shape index (κ3) is 1.14. The predicted octanol–water partition coefficient (Wildman–Crippen LogP) is 0.420. The first-order chi connectivity index (χ1) is 6.20. The number of pyridine rings is 1. The molecule has 0 bridgehead atoms. The van der Waals surface area contributed by atoms with Crippen LogP contribution in [0.4, 0.5) is 0 Å². The molecule has 0 saturated heterocycles. The molecular formula is C9H9NO3. The SMILES string of the molecule is O=C(O)[C@H]1CCc2cccc(=O)n21. The molecule has 68 valence electrons. The number of hydrogen-bond donors (Lipinski definition) is 1. The second kappa shape index (κ2) is 2.73. The number of carbonyl (C=O) groups is 1. The van der Waals surface area contributed by atoms with E-state index in [0.29, 0.717) is 12.8 Å². The van der Waals surface area contributed by atoms with Crippen LogP contribution >= 0.6 is 0 Å². The molecule has 0 spiro atoms. The maximum Gasteiger partial charge on any atom is 0.326 e. The van der Waals surface area contributed by atoms with Crippen LogP contribution in [0.15, 0.2) is 23.0 Å². The topological polar surface area (TPSA) is 59.3 Å². The average molecular weight is 179 g/mol. The van der Waals surface area contributed by atoms with Crippen LogP contribution in [0.5, 0.6) is 0 Å². The summed E-state index contributed by atoms with van der Waals surface area (Å²) < 4.78 is 1.36. The van der Waals surface area contributed by atoms with Gasteiger partial charge in [-0.05, 0) is 18.9 Å². The number of hydrogen-bond acceptors (Lipinski definition) is 2. The molecule has 0 fully saturated rings. The Balaban J connectivity index is 2.58. The quantitative estimate of drug-likeness (QED) is 0.679. The monoisotopic (exact) mass is 179 g/mol. The largest absolute Gasteiger partial charge is 0.480 e. The Labute approximate surface area is 74.4 Å². The molecule has 0 aromatic carbocycles. The minimum absolute atomic E-state index is 0.220. The molecule has 4 nitrogen and oxygen atoms in total. The Morgan fingerprint density at radius 2 is 2.31 bits per heavy atom. The van der Waals surface area contributed by atoms with E-state index < -0.39 is 12.0 Å². The van der Waals surface area contributed by atoms with Crippen LogP contribution in [0.2, 0.25) is 0 Å². The molecule has 1 aliphatic heterocycles. The van der Waals surface area contributed by atoms with E-state index in [0.717, 1.165) is 5.69 Å². The Hall–Kier alpha value is -1.58. The molecule has 0 saturated carbocycles. The van der Waals surface area contributed by atoms with Crippen molar-refractivity contribution in [3.05, 3.63) is 34.2 Å². The van der Waals surface area contributed by atoms with Gasteiger partial charge in [-0.2, -0.15) is 0 Å². The van der Waals surface area contributed by atoms with Gasteiger partial charge >= 0.3 is 5.97 Å². The van der Waals surface area contributed by atoms with Crippen molar-refractivity contribution in [3.63, 3.8) is 0 Å². The molecule has 1 atom stereocenters. The van der Waals surface area contributed by atoms with Crippen LogP contribution in [0.3, 0.4) is 0 Å². The first-order valence-electron chi connectivity index (χ1n) is 4.13. The Morgan fingerprint density at radius 1 is 1.54 bits per heavy atom. The number of aryl methyl sites for hydroxylation is 1. The summed E-state index contributed by atoms with van der Waals surface area (Å²) in [7, 11) is 0. The minimum atomic E-state index is -0.924. The third-order valence-electron chi connectivity index (χ3n) is 2.34. The number of aliphatic carboxylic acids is 1. The highest BCUT2D eigenvalue weighted by Crippen LogP contribution is 2.22. The number of rotatable bonds is 1. The first kappa shape index (κ1) is 8.04. The highest BCUT2D eigenvalue weighted by atomic mass is 16.4.